The molecule has 1 aliphatic rings. The van der Waals surface area contributed by atoms with Crippen LogP contribution in [0.25, 0.3) is 0 Å². The number of rotatable bonds is 5. The van der Waals surface area contributed by atoms with E-state index in [2.05, 4.69) is 5.32 Å². The van der Waals surface area contributed by atoms with E-state index in [-0.39, 0.29) is 24.4 Å². The molecule has 1 amide bonds. The SMILES string of the molecule is O=C(COc1ccc(F)cc1)NC1CCCCC1C(=O)O. The first-order chi connectivity index (χ1) is 10.1. The molecule has 0 aliphatic heterocycles. The quantitative estimate of drug-likeness (QED) is 0.870. The first-order valence-electron chi connectivity index (χ1n) is 6.97. The van der Waals surface area contributed by atoms with Crippen molar-refractivity contribution < 1.29 is 23.8 Å². The second kappa shape index (κ2) is 7.06. The fourth-order valence-electron chi connectivity index (χ4n) is 2.53. The van der Waals surface area contributed by atoms with Crippen molar-refractivity contribution in [2.24, 2.45) is 5.92 Å². The Bertz CT molecular complexity index is 503. The number of hydrogen-bond donors (Lipinski definition) is 2. The Morgan fingerprint density at radius 2 is 1.90 bits per heavy atom. The van der Waals surface area contributed by atoms with Crippen LogP contribution in [0, 0.1) is 11.7 Å². The lowest BCUT2D eigenvalue weighted by molar-refractivity contribution is -0.144. The van der Waals surface area contributed by atoms with Gasteiger partial charge in [-0.1, -0.05) is 12.8 Å². The largest absolute Gasteiger partial charge is 0.484 e. The number of benzene rings is 1. The molecule has 2 atom stereocenters. The third-order valence-electron chi connectivity index (χ3n) is 3.61. The molecule has 5 nitrogen and oxygen atoms in total. The van der Waals surface area contributed by atoms with Gasteiger partial charge in [-0.3, -0.25) is 9.59 Å². The zero-order valence-electron chi connectivity index (χ0n) is 11.5. The smallest absolute Gasteiger partial charge is 0.308 e. The molecule has 1 aromatic carbocycles. The zero-order chi connectivity index (χ0) is 15.2. The van der Waals surface area contributed by atoms with Crippen molar-refractivity contribution in [1.29, 1.82) is 0 Å². The third-order valence-corrected chi connectivity index (χ3v) is 3.61. The minimum atomic E-state index is -0.876. The maximum atomic E-state index is 12.7. The average molecular weight is 295 g/mol. The Balaban J connectivity index is 1.83. The fourth-order valence-corrected chi connectivity index (χ4v) is 2.53. The monoisotopic (exact) mass is 295 g/mol. The number of amides is 1. The summed E-state index contributed by atoms with van der Waals surface area (Å²) in [6.45, 7) is -0.214. The van der Waals surface area contributed by atoms with E-state index >= 15 is 0 Å². The number of hydrogen-bond acceptors (Lipinski definition) is 3. The van der Waals surface area contributed by atoms with Crippen molar-refractivity contribution in [3.8, 4) is 5.75 Å². The van der Waals surface area contributed by atoms with Crippen LogP contribution in [0.4, 0.5) is 4.39 Å². The lowest BCUT2D eigenvalue weighted by Gasteiger charge is -2.29. The van der Waals surface area contributed by atoms with Crippen LogP contribution in [0.2, 0.25) is 0 Å². The number of carboxylic acids is 1. The average Bonchev–Trinajstić information content (AvgIpc) is 2.47. The topological polar surface area (TPSA) is 75.6 Å². The lowest BCUT2D eigenvalue weighted by atomic mass is 9.84. The van der Waals surface area contributed by atoms with Crippen LogP contribution < -0.4 is 10.1 Å². The predicted octanol–water partition coefficient (Wildman–Crippen LogP) is 1.96. The minimum Gasteiger partial charge on any atom is -0.484 e. The molecule has 1 saturated carbocycles. The van der Waals surface area contributed by atoms with Crippen LogP contribution in [-0.2, 0) is 9.59 Å². The summed E-state index contributed by atoms with van der Waals surface area (Å²) >= 11 is 0. The molecule has 114 valence electrons. The van der Waals surface area contributed by atoms with Crippen molar-refractivity contribution >= 4 is 11.9 Å². The summed E-state index contributed by atoms with van der Waals surface area (Å²) in [7, 11) is 0. The summed E-state index contributed by atoms with van der Waals surface area (Å²) in [6.07, 6.45) is 3.03. The Labute approximate surface area is 122 Å². The molecule has 1 aromatic rings. The Kier molecular flexibility index (Phi) is 5.14. The highest BCUT2D eigenvalue weighted by Gasteiger charge is 2.31. The van der Waals surface area contributed by atoms with Gasteiger partial charge < -0.3 is 15.2 Å². The number of carboxylic acid groups (broad SMARTS) is 1. The lowest BCUT2D eigenvalue weighted by Crippen LogP contribution is -2.46. The van der Waals surface area contributed by atoms with Gasteiger partial charge in [-0.05, 0) is 37.1 Å². The van der Waals surface area contributed by atoms with E-state index in [4.69, 9.17) is 9.84 Å². The van der Waals surface area contributed by atoms with Gasteiger partial charge >= 0.3 is 5.97 Å². The van der Waals surface area contributed by atoms with Gasteiger partial charge in [-0.2, -0.15) is 0 Å². The summed E-state index contributed by atoms with van der Waals surface area (Å²) < 4.78 is 18.0. The molecule has 1 fully saturated rings. The molecule has 6 heteroatoms. The predicted molar refractivity (Wildman–Crippen MR) is 73.4 cm³/mol. The molecule has 2 N–H and O–H groups in total. The summed E-state index contributed by atoms with van der Waals surface area (Å²) in [5, 5.41) is 11.9. The molecule has 0 radical (unpaired) electrons. The highest BCUT2D eigenvalue weighted by Crippen LogP contribution is 2.24. The Morgan fingerprint density at radius 3 is 2.57 bits per heavy atom. The molecule has 0 saturated heterocycles. The second-order valence-electron chi connectivity index (χ2n) is 5.15. The molecule has 0 bridgehead atoms. The van der Waals surface area contributed by atoms with Gasteiger partial charge in [-0.25, -0.2) is 4.39 Å². The second-order valence-corrected chi connectivity index (χ2v) is 5.15. The Hall–Kier alpha value is -2.11. The molecular weight excluding hydrogens is 277 g/mol. The molecule has 0 aromatic heterocycles. The molecule has 0 heterocycles. The van der Waals surface area contributed by atoms with E-state index < -0.39 is 11.9 Å². The normalized spacial score (nSPS) is 21.6. The van der Waals surface area contributed by atoms with Crippen LogP contribution >= 0.6 is 0 Å². The first kappa shape index (κ1) is 15.3. The number of carbonyl (C=O) groups is 2. The van der Waals surface area contributed by atoms with E-state index in [0.717, 1.165) is 12.8 Å². The maximum Gasteiger partial charge on any atom is 0.308 e. The highest BCUT2D eigenvalue weighted by molar-refractivity contribution is 5.79. The van der Waals surface area contributed by atoms with E-state index in [1.807, 2.05) is 0 Å². The molecule has 21 heavy (non-hydrogen) atoms. The van der Waals surface area contributed by atoms with E-state index in [1.54, 1.807) is 0 Å². The minimum absolute atomic E-state index is 0.214. The van der Waals surface area contributed by atoms with Crippen LogP contribution in [0.3, 0.4) is 0 Å². The highest BCUT2D eigenvalue weighted by atomic mass is 19.1. The molecule has 0 spiro atoms. The molecule has 2 unspecified atom stereocenters. The summed E-state index contributed by atoms with van der Waals surface area (Å²) in [5.41, 5.74) is 0. The van der Waals surface area contributed by atoms with Gasteiger partial charge in [0.15, 0.2) is 6.61 Å². The van der Waals surface area contributed by atoms with Crippen molar-refractivity contribution in [1.82, 2.24) is 5.32 Å². The summed E-state index contributed by atoms with van der Waals surface area (Å²) in [5.74, 6) is -1.76. The standard InChI is InChI=1S/C15H18FNO4/c16-10-5-7-11(8-6-10)21-9-14(18)17-13-4-2-1-3-12(13)15(19)20/h5-8,12-13H,1-4,9H2,(H,17,18)(H,19,20). The van der Waals surface area contributed by atoms with Gasteiger partial charge in [0.05, 0.1) is 5.92 Å². The van der Waals surface area contributed by atoms with Crippen molar-refractivity contribution in [3.63, 3.8) is 0 Å². The van der Waals surface area contributed by atoms with Gasteiger partial charge in [0, 0.05) is 6.04 Å². The number of nitrogens with one attached hydrogen (secondary N) is 1. The zero-order valence-corrected chi connectivity index (χ0v) is 11.5. The van der Waals surface area contributed by atoms with E-state index in [0.29, 0.717) is 18.6 Å². The van der Waals surface area contributed by atoms with Gasteiger partial charge in [0.2, 0.25) is 0 Å². The number of ether oxygens (including phenoxy) is 1. The van der Waals surface area contributed by atoms with E-state index in [9.17, 15) is 14.0 Å². The maximum absolute atomic E-state index is 12.7. The van der Waals surface area contributed by atoms with Gasteiger partial charge in [0.1, 0.15) is 11.6 Å². The molecular formula is C15H18FNO4. The number of carbonyl (C=O) groups excluding carboxylic acids is 1. The van der Waals surface area contributed by atoms with Crippen LogP contribution in [0.5, 0.6) is 5.75 Å². The van der Waals surface area contributed by atoms with Gasteiger partial charge in [-0.15, -0.1) is 0 Å². The van der Waals surface area contributed by atoms with Crippen LogP contribution in [-0.4, -0.2) is 29.6 Å². The van der Waals surface area contributed by atoms with E-state index in [1.165, 1.54) is 24.3 Å². The summed E-state index contributed by atoms with van der Waals surface area (Å²) in [6, 6.07) is 5.01. The van der Waals surface area contributed by atoms with Crippen molar-refractivity contribution in [2.45, 2.75) is 31.7 Å². The summed E-state index contributed by atoms with van der Waals surface area (Å²) in [4.78, 5) is 23.0. The Morgan fingerprint density at radius 1 is 1.24 bits per heavy atom. The third kappa shape index (κ3) is 4.44. The first-order valence-corrected chi connectivity index (χ1v) is 6.97. The van der Waals surface area contributed by atoms with Crippen LogP contribution in [0.1, 0.15) is 25.7 Å². The van der Waals surface area contributed by atoms with Gasteiger partial charge in [0.25, 0.3) is 5.91 Å². The fraction of sp³-hybridized carbons (Fsp3) is 0.467. The number of aliphatic carboxylic acids is 1. The number of halogens is 1. The van der Waals surface area contributed by atoms with Crippen molar-refractivity contribution in [2.75, 3.05) is 6.61 Å². The van der Waals surface area contributed by atoms with Crippen molar-refractivity contribution in [3.05, 3.63) is 30.1 Å². The molecule has 1 aliphatic carbocycles. The van der Waals surface area contributed by atoms with Crippen LogP contribution in [0.15, 0.2) is 24.3 Å². The molecule has 2 rings (SSSR count).